The Labute approximate surface area is 90.3 Å². The molecule has 0 bridgehead atoms. The Balaban J connectivity index is 2.88. The molecule has 0 fully saturated rings. The fourth-order valence-corrected chi connectivity index (χ4v) is 2.66. The molecular weight excluding hydrogens is 218 g/mol. The molecule has 4 heteroatoms. The van der Waals surface area contributed by atoms with Gasteiger partial charge in [-0.25, -0.2) is 0 Å². The maximum Gasteiger partial charge on any atom is 0.152 e. The third-order valence-electron chi connectivity index (χ3n) is 2.19. The summed E-state index contributed by atoms with van der Waals surface area (Å²) in [6.45, 7) is 0. The Morgan fingerprint density at radius 3 is 3.00 bits per heavy atom. The number of fused-ring (bicyclic) bond motifs is 1. The molecule has 2 nitrogen and oxygen atoms in total. The maximum absolute atomic E-state index is 10.8. The minimum Gasteiger partial charge on any atom is -0.398 e. The first-order chi connectivity index (χ1) is 6.77. The van der Waals surface area contributed by atoms with Crippen molar-refractivity contribution in [3.05, 3.63) is 28.6 Å². The van der Waals surface area contributed by atoms with Crippen LogP contribution in [0.5, 0.6) is 0 Å². The van der Waals surface area contributed by atoms with E-state index in [9.17, 15) is 4.79 Å². The summed E-state index contributed by atoms with van der Waals surface area (Å²) in [5.41, 5.74) is 7.61. The van der Waals surface area contributed by atoms with E-state index in [1.165, 1.54) is 0 Å². The smallest absolute Gasteiger partial charge is 0.152 e. The number of thiophene rings is 1. The Hall–Kier alpha value is -1.06. The van der Waals surface area contributed by atoms with Gasteiger partial charge in [0.1, 0.15) is 0 Å². The lowest BCUT2D eigenvalue weighted by Crippen LogP contribution is -1.97. The van der Waals surface area contributed by atoms with Gasteiger partial charge in [0, 0.05) is 21.8 Å². The lowest BCUT2D eigenvalue weighted by Gasteiger charge is -2.06. The van der Waals surface area contributed by atoms with E-state index in [0.29, 0.717) is 17.1 Å². The average Bonchev–Trinajstić information content (AvgIpc) is 2.62. The molecule has 0 unspecified atom stereocenters. The number of nitrogen functional groups attached to an aromatic ring is 1. The number of hydrogen-bond donors (Lipinski definition) is 1. The maximum atomic E-state index is 10.8. The molecule has 0 radical (unpaired) electrons. The van der Waals surface area contributed by atoms with Crippen molar-refractivity contribution in [2.24, 2.45) is 0 Å². The topological polar surface area (TPSA) is 43.1 Å². The number of aldehydes is 1. The predicted molar refractivity (Wildman–Crippen MR) is 61.2 cm³/mol. The Morgan fingerprint density at radius 1 is 1.57 bits per heavy atom. The van der Waals surface area contributed by atoms with Crippen LogP contribution >= 0.6 is 22.9 Å². The molecule has 1 aromatic carbocycles. The highest BCUT2D eigenvalue weighted by molar-refractivity contribution is 7.17. The fourth-order valence-electron chi connectivity index (χ4n) is 1.50. The van der Waals surface area contributed by atoms with Gasteiger partial charge in [0.05, 0.1) is 0 Å². The van der Waals surface area contributed by atoms with Crippen molar-refractivity contribution >= 4 is 45.0 Å². The summed E-state index contributed by atoms with van der Waals surface area (Å²) in [6, 6.07) is 3.78. The van der Waals surface area contributed by atoms with Crippen molar-refractivity contribution in [1.82, 2.24) is 0 Å². The van der Waals surface area contributed by atoms with Gasteiger partial charge >= 0.3 is 0 Å². The number of carbonyl (C=O) groups excluding carboxylic acids is 1. The predicted octanol–water partition coefficient (Wildman–Crippen LogP) is 3.03. The van der Waals surface area contributed by atoms with E-state index >= 15 is 0 Å². The van der Waals surface area contributed by atoms with E-state index in [1.807, 2.05) is 17.5 Å². The van der Waals surface area contributed by atoms with Crippen LogP contribution in [0.2, 0.25) is 0 Å². The number of halogens is 1. The summed E-state index contributed by atoms with van der Waals surface area (Å²) in [4.78, 5) is 10.8. The van der Waals surface area contributed by atoms with Crippen molar-refractivity contribution < 1.29 is 4.79 Å². The molecule has 0 saturated heterocycles. The first-order valence-corrected chi connectivity index (χ1v) is 5.49. The van der Waals surface area contributed by atoms with Gasteiger partial charge in [0.2, 0.25) is 0 Å². The van der Waals surface area contributed by atoms with Gasteiger partial charge in [-0.05, 0) is 28.5 Å². The molecule has 0 spiro atoms. The van der Waals surface area contributed by atoms with Gasteiger partial charge in [0.25, 0.3) is 0 Å². The van der Waals surface area contributed by atoms with Crippen LogP contribution in [0.15, 0.2) is 17.5 Å². The molecule has 0 atom stereocenters. The highest BCUT2D eigenvalue weighted by Gasteiger charge is 2.10. The second kappa shape index (κ2) is 3.59. The molecule has 0 amide bonds. The first kappa shape index (κ1) is 9.49. The second-order valence-electron chi connectivity index (χ2n) is 2.94. The average molecular weight is 226 g/mol. The molecule has 0 aliphatic carbocycles. The molecule has 2 rings (SSSR count). The number of benzene rings is 1. The summed E-state index contributed by atoms with van der Waals surface area (Å²) in [7, 11) is 0. The van der Waals surface area contributed by atoms with Crippen molar-refractivity contribution in [2.45, 2.75) is 5.88 Å². The number of nitrogens with two attached hydrogens (primary N) is 1. The van der Waals surface area contributed by atoms with Gasteiger partial charge in [-0.2, -0.15) is 0 Å². The summed E-state index contributed by atoms with van der Waals surface area (Å²) >= 11 is 7.40. The lowest BCUT2D eigenvalue weighted by molar-refractivity contribution is 0.112. The largest absolute Gasteiger partial charge is 0.398 e. The zero-order chi connectivity index (χ0) is 10.1. The van der Waals surface area contributed by atoms with Crippen LogP contribution in [0.4, 0.5) is 5.69 Å². The van der Waals surface area contributed by atoms with Crippen LogP contribution in [0.1, 0.15) is 15.9 Å². The van der Waals surface area contributed by atoms with Crippen LogP contribution in [0, 0.1) is 0 Å². The fraction of sp³-hybridized carbons (Fsp3) is 0.100. The highest BCUT2D eigenvalue weighted by atomic mass is 35.5. The summed E-state index contributed by atoms with van der Waals surface area (Å²) in [5, 5.41) is 3.00. The molecule has 2 N–H and O–H groups in total. The van der Waals surface area contributed by atoms with Gasteiger partial charge in [-0.1, -0.05) is 0 Å². The van der Waals surface area contributed by atoms with Crippen LogP contribution < -0.4 is 5.73 Å². The van der Waals surface area contributed by atoms with Gasteiger partial charge in [-0.15, -0.1) is 22.9 Å². The van der Waals surface area contributed by atoms with Crippen molar-refractivity contribution in [2.75, 3.05) is 5.73 Å². The Morgan fingerprint density at radius 2 is 2.36 bits per heavy atom. The molecular formula is C10H8ClNOS. The second-order valence-corrected chi connectivity index (χ2v) is 4.16. The third-order valence-corrected chi connectivity index (χ3v) is 3.33. The first-order valence-electron chi connectivity index (χ1n) is 4.07. The quantitative estimate of drug-likeness (QED) is 0.485. The van der Waals surface area contributed by atoms with E-state index in [-0.39, 0.29) is 0 Å². The zero-order valence-electron chi connectivity index (χ0n) is 7.29. The van der Waals surface area contributed by atoms with Crippen molar-refractivity contribution in [3.8, 4) is 0 Å². The normalized spacial score (nSPS) is 10.6. The molecule has 72 valence electrons. The van der Waals surface area contributed by atoms with Gasteiger partial charge in [0.15, 0.2) is 6.29 Å². The Kier molecular flexibility index (Phi) is 2.44. The SMILES string of the molecule is Nc1cc2sccc2c(CCl)c1C=O. The van der Waals surface area contributed by atoms with E-state index < -0.39 is 0 Å². The zero-order valence-corrected chi connectivity index (χ0v) is 8.86. The number of rotatable bonds is 2. The van der Waals surface area contributed by atoms with E-state index in [1.54, 1.807) is 11.3 Å². The van der Waals surface area contributed by atoms with Crippen molar-refractivity contribution in [1.29, 1.82) is 0 Å². The number of hydrogen-bond acceptors (Lipinski definition) is 3. The van der Waals surface area contributed by atoms with Crippen LogP contribution in [0.25, 0.3) is 10.1 Å². The standard InChI is InChI=1S/C10H8ClNOS/c11-4-7-6-1-2-14-10(6)3-9(12)8(7)5-13/h1-3,5H,4,12H2. The number of carbonyl (C=O) groups is 1. The molecule has 1 heterocycles. The minimum atomic E-state index is 0.312. The molecule has 14 heavy (non-hydrogen) atoms. The number of alkyl halides is 1. The van der Waals surface area contributed by atoms with Crippen LogP contribution in [-0.4, -0.2) is 6.29 Å². The van der Waals surface area contributed by atoms with Crippen LogP contribution in [0.3, 0.4) is 0 Å². The monoisotopic (exact) mass is 225 g/mol. The van der Waals surface area contributed by atoms with E-state index in [2.05, 4.69) is 0 Å². The van der Waals surface area contributed by atoms with Crippen molar-refractivity contribution in [3.63, 3.8) is 0 Å². The molecule has 0 aliphatic rings. The van der Waals surface area contributed by atoms with Gasteiger partial charge in [-0.3, -0.25) is 4.79 Å². The molecule has 1 aromatic heterocycles. The summed E-state index contributed by atoms with van der Waals surface area (Å²) in [5.74, 6) is 0.312. The highest BCUT2D eigenvalue weighted by Crippen LogP contribution is 2.31. The van der Waals surface area contributed by atoms with Gasteiger partial charge < -0.3 is 5.73 Å². The summed E-state index contributed by atoms with van der Waals surface area (Å²) in [6.07, 6.45) is 0.768. The molecule has 0 aliphatic heterocycles. The van der Waals surface area contributed by atoms with E-state index in [4.69, 9.17) is 17.3 Å². The minimum absolute atomic E-state index is 0.312. The number of anilines is 1. The third kappa shape index (κ3) is 1.29. The molecule has 0 saturated carbocycles. The summed E-state index contributed by atoms with van der Waals surface area (Å²) < 4.78 is 1.07. The molecule has 2 aromatic rings. The lowest BCUT2D eigenvalue weighted by atomic mass is 10.0. The van der Waals surface area contributed by atoms with Crippen LogP contribution in [-0.2, 0) is 5.88 Å². The van der Waals surface area contributed by atoms with E-state index in [0.717, 1.165) is 21.9 Å². The Bertz CT molecular complexity index is 492.